The predicted octanol–water partition coefficient (Wildman–Crippen LogP) is 1.29. The highest BCUT2D eigenvalue weighted by Crippen LogP contribution is 2.15. The fourth-order valence-electron chi connectivity index (χ4n) is 1.73. The molecule has 0 bridgehead atoms. The number of carbonyl (C=O) groups excluding carboxylic acids is 1. The van der Waals surface area contributed by atoms with E-state index in [9.17, 15) is 14.9 Å². The van der Waals surface area contributed by atoms with Gasteiger partial charge in [0.05, 0.1) is 4.92 Å². The largest absolute Gasteiger partial charge is 0.382 e. The molecule has 0 radical (unpaired) electrons. The van der Waals surface area contributed by atoms with Crippen molar-refractivity contribution in [2.45, 2.75) is 32.7 Å². The molecule has 0 aliphatic heterocycles. The van der Waals surface area contributed by atoms with Gasteiger partial charge in [-0.25, -0.2) is 0 Å². The van der Waals surface area contributed by atoms with E-state index in [-0.39, 0.29) is 11.6 Å². The summed E-state index contributed by atoms with van der Waals surface area (Å²) >= 11 is 0. The van der Waals surface area contributed by atoms with E-state index in [0.717, 1.165) is 12.6 Å². The molecule has 0 saturated heterocycles. The first kappa shape index (κ1) is 16.1. The Balaban J connectivity index is 2.51. The lowest BCUT2D eigenvalue weighted by Gasteiger charge is -2.15. The standard InChI is InChI=1S/C12H20N4O4/c1-3-11(12(17)13-6-5-7-20-4-2)15-9-10(8-14-15)16(18)19/h8-9,11H,3-7H2,1-2H3,(H,13,17). The van der Waals surface area contributed by atoms with Crippen LogP contribution in [0.25, 0.3) is 0 Å². The van der Waals surface area contributed by atoms with Gasteiger partial charge in [0.25, 0.3) is 0 Å². The summed E-state index contributed by atoms with van der Waals surface area (Å²) in [6.07, 6.45) is 3.66. The Hall–Kier alpha value is -1.96. The van der Waals surface area contributed by atoms with E-state index >= 15 is 0 Å². The molecule has 8 heteroatoms. The minimum absolute atomic E-state index is 0.118. The molecule has 0 spiro atoms. The summed E-state index contributed by atoms with van der Waals surface area (Å²) in [6.45, 7) is 5.51. The number of rotatable bonds is 9. The molecule has 0 aromatic carbocycles. The second-order valence-electron chi connectivity index (χ2n) is 4.20. The molecule has 1 amide bonds. The number of amides is 1. The number of hydrogen-bond acceptors (Lipinski definition) is 5. The van der Waals surface area contributed by atoms with E-state index in [2.05, 4.69) is 10.4 Å². The minimum Gasteiger partial charge on any atom is -0.382 e. The zero-order chi connectivity index (χ0) is 15.0. The van der Waals surface area contributed by atoms with Crippen molar-refractivity contribution in [3.05, 3.63) is 22.5 Å². The van der Waals surface area contributed by atoms with Crippen molar-refractivity contribution in [3.63, 3.8) is 0 Å². The van der Waals surface area contributed by atoms with Crippen molar-refractivity contribution in [2.24, 2.45) is 0 Å². The highest BCUT2D eigenvalue weighted by Gasteiger charge is 2.21. The van der Waals surface area contributed by atoms with Crippen LogP contribution in [-0.4, -0.2) is 40.4 Å². The van der Waals surface area contributed by atoms with Gasteiger partial charge < -0.3 is 10.1 Å². The second kappa shape index (κ2) is 8.26. The van der Waals surface area contributed by atoms with Crippen LogP contribution in [0.3, 0.4) is 0 Å². The number of carbonyl (C=O) groups is 1. The van der Waals surface area contributed by atoms with Crippen molar-refractivity contribution >= 4 is 11.6 Å². The summed E-state index contributed by atoms with van der Waals surface area (Å²) in [6, 6.07) is -0.532. The Morgan fingerprint density at radius 1 is 1.60 bits per heavy atom. The van der Waals surface area contributed by atoms with Gasteiger partial charge in [0, 0.05) is 19.8 Å². The molecular weight excluding hydrogens is 264 g/mol. The first-order chi connectivity index (χ1) is 9.60. The number of hydrogen-bond donors (Lipinski definition) is 1. The molecule has 0 saturated carbocycles. The second-order valence-corrected chi connectivity index (χ2v) is 4.20. The van der Waals surface area contributed by atoms with E-state index in [1.54, 1.807) is 0 Å². The zero-order valence-electron chi connectivity index (χ0n) is 11.7. The molecule has 1 heterocycles. The normalized spacial score (nSPS) is 12.1. The van der Waals surface area contributed by atoms with E-state index < -0.39 is 11.0 Å². The number of ether oxygens (including phenoxy) is 1. The lowest BCUT2D eigenvalue weighted by molar-refractivity contribution is -0.385. The quantitative estimate of drug-likeness (QED) is 0.418. The summed E-state index contributed by atoms with van der Waals surface area (Å²) in [4.78, 5) is 22.1. The van der Waals surface area contributed by atoms with Crippen LogP contribution in [0, 0.1) is 10.1 Å². The smallest absolute Gasteiger partial charge is 0.307 e. The lowest BCUT2D eigenvalue weighted by Crippen LogP contribution is -2.33. The minimum atomic E-state index is -0.532. The number of aromatic nitrogens is 2. The molecule has 1 aromatic heterocycles. The Morgan fingerprint density at radius 3 is 2.90 bits per heavy atom. The number of nitrogens with zero attached hydrogens (tertiary/aromatic N) is 3. The van der Waals surface area contributed by atoms with E-state index in [1.165, 1.54) is 10.9 Å². The number of nitro groups is 1. The molecule has 20 heavy (non-hydrogen) atoms. The van der Waals surface area contributed by atoms with Gasteiger partial charge in [-0.05, 0) is 19.8 Å². The Labute approximate surface area is 117 Å². The molecule has 0 fully saturated rings. The maximum Gasteiger partial charge on any atom is 0.307 e. The van der Waals surface area contributed by atoms with Crippen LogP contribution < -0.4 is 5.32 Å². The average molecular weight is 284 g/mol. The van der Waals surface area contributed by atoms with Crippen molar-refractivity contribution in [2.75, 3.05) is 19.8 Å². The van der Waals surface area contributed by atoms with Crippen molar-refractivity contribution in [1.82, 2.24) is 15.1 Å². The lowest BCUT2D eigenvalue weighted by atomic mass is 10.2. The Kier molecular flexibility index (Phi) is 6.65. The van der Waals surface area contributed by atoms with Gasteiger partial charge in [-0.2, -0.15) is 5.10 Å². The SMILES string of the molecule is CCOCCCNC(=O)C(CC)n1cc([N+](=O)[O-])cn1. The molecule has 1 aromatic rings. The van der Waals surface area contributed by atoms with E-state index in [0.29, 0.717) is 26.2 Å². The Morgan fingerprint density at radius 2 is 2.35 bits per heavy atom. The maximum atomic E-state index is 12.0. The van der Waals surface area contributed by atoms with Gasteiger partial charge in [0.2, 0.25) is 5.91 Å². The summed E-state index contributed by atoms with van der Waals surface area (Å²) in [5, 5.41) is 17.3. The van der Waals surface area contributed by atoms with Gasteiger partial charge in [0.15, 0.2) is 0 Å². The summed E-state index contributed by atoms with van der Waals surface area (Å²) in [5.41, 5.74) is -0.118. The molecule has 1 N–H and O–H groups in total. The van der Waals surface area contributed by atoms with Crippen molar-refractivity contribution in [1.29, 1.82) is 0 Å². The summed E-state index contributed by atoms with van der Waals surface area (Å²) in [5.74, 6) is -0.193. The first-order valence-corrected chi connectivity index (χ1v) is 6.64. The fraction of sp³-hybridized carbons (Fsp3) is 0.667. The van der Waals surface area contributed by atoms with Crippen LogP contribution in [0.15, 0.2) is 12.4 Å². The van der Waals surface area contributed by atoms with Crippen molar-refractivity contribution in [3.8, 4) is 0 Å². The van der Waals surface area contributed by atoms with Gasteiger partial charge in [0.1, 0.15) is 18.4 Å². The molecule has 1 rings (SSSR count). The highest BCUT2D eigenvalue weighted by atomic mass is 16.6. The van der Waals surface area contributed by atoms with Crippen LogP contribution >= 0.6 is 0 Å². The molecule has 8 nitrogen and oxygen atoms in total. The summed E-state index contributed by atoms with van der Waals surface area (Å²) < 4.78 is 6.50. The third-order valence-corrected chi connectivity index (χ3v) is 2.78. The molecule has 1 unspecified atom stereocenters. The van der Waals surface area contributed by atoms with Gasteiger partial charge in [-0.1, -0.05) is 6.92 Å². The van der Waals surface area contributed by atoms with E-state index in [1.807, 2.05) is 13.8 Å². The van der Waals surface area contributed by atoms with Crippen LogP contribution in [0.5, 0.6) is 0 Å². The fourth-order valence-corrected chi connectivity index (χ4v) is 1.73. The topological polar surface area (TPSA) is 99.3 Å². The average Bonchev–Trinajstić information content (AvgIpc) is 2.89. The van der Waals surface area contributed by atoms with Gasteiger partial charge >= 0.3 is 5.69 Å². The third kappa shape index (κ3) is 4.61. The molecule has 1 atom stereocenters. The maximum absolute atomic E-state index is 12.0. The molecule has 0 aliphatic carbocycles. The van der Waals surface area contributed by atoms with Gasteiger partial charge in [-0.15, -0.1) is 0 Å². The van der Waals surface area contributed by atoms with Crippen molar-refractivity contribution < 1.29 is 14.5 Å². The summed E-state index contributed by atoms with van der Waals surface area (Å²) in [7, 11) is 0. The molecule has 112 valence electrons. The third-order valence-electron chi connectivity index (χ3n) is 2.78. The van der Waals surface area contributed by atoms with Crippen LogP contribution in [0.1, 0.15) is 32.7 Å². The predicted molar refractivity (Wildman–Crippen MR) is 72.3 cm³/mol. The van der Waals surface area contributed by atoms with E-state index in [4.69, 9.17) is 4.74 Å². The van der Waals surface area contributed by atoms with Crippen LogP contribution in [0.4, 0.5) is 5.69 Å². The monoisotopic (exact) mass is 284 g/mol. The van der Waals surface area contributed by atoms with Crippen LogP contribution in [-0.2, 0) is 9.53 Å². The van der Waals surface area contributed by atoms with Gasteiger partial charge in [-0.3, -0.25) is 19.6 Å². The molecule has 0 aliphatic rings. The van der Waals surface area contributed by atoms with Crippen LogP contribution in [0.2, 0.25) is 0 Å². The zero-order valence-corrected chi connectivity index (χ0v) is 11.7. The molecular formula is C12H20N4O4. The first-order valence-electron chi connectivity index (χ1n) is 6.64. The number of nitrogens with one attached hydrogen (secondary N) is 1. The highest BCUT2D eigenvalue weighted by molar-refractivity contribution is 5.80. The Bertz CT molecular complexity index is 446.